The Kier molecular flexibility index (Phi) is 4.35. The highest BCUT2D eigenvalue weighted by atomic mass is 16.5. The van der Waals surface area contributed by atoms with Crippen LogP contribution in [-0.2, 0) is 13.2 Å². The fourth-order valence-corrected chi connectivity index (χ4v) is 1.69. The molecule has 1 heterocycles. The maximum atomic E-state index is 5.71. The Bertz CT molecular complexity index is 540. The molecule has 0 radical (unpaired) electrons. The maximum Gasteiger partial charge on any atom is 0.223 e. The largest absolute Gasteiger partial charge is 0.497 e. The van der Waals surface area contributed by atoms with Gasteiger partial charge in [-0.3, -0.25) is 0 Å². The summed E-state index contributed by atoms with van der Waals surface area (Å²) in [6, 6.07) is 5.67. The maximum absolute atomic E-state index is 5.71. The molecule has 0 aliphatic rings. The average molecular weight is 263 g/mol. The predicted octanol–water partition coefficient (Wildman–Crippen LogP) is 1.69. The first kappa shape index (κ1) is 13.4. The zero-order valence-corrected chi connectivity index (χ0v) is 11.3. The zero-order chi connectivity index (χ0) is 13.7. The summed E-state index contributed by atoms with van der Waals surface area (Å²) in [7, 11) is 3.52. The summed E-state index contributed by atoms with van der Waals surface area (Å²) in [5.74, 6) is 2.64. The number of ether oxygens (including phenoxy) is 2. The number of hydrogen-bond acceptors (Lipinski definition) is 6. The highest BCUT2D eigenvalue weighted by Gasteiger charge is 2.08. The molecular weight excluding hydrogens is 246 g/mol. The Morgan fingerprint density at radius 1 is 1.37 bits per heavy atom. The van der Waals surface area contributed by atoms with Gasteiger partial charge < -0.3 is 19.3 Å². The predicted molar refractivity (Wildman–Crippen MR) is 69.1 cm³/mol. The van der Waals surface area contributed by atoms with E-state index in [9.17, 15) is 0 Å². The van der Waals surface area contributed by atoms with Crippen LogP contribution in [0.4, 0.5) is 0 Å². The molecule has 19 heavy (non-hydrogen) atoms. The van der Waals surface area contributed by atoms with Crippen LogP contribution in [0.15, 0.2) is 22.7 Å². The number of nitrogens with zero attached hydrogens (tertiary/aromatic N) is 2. The van der Waals surface area contributed by atoms with Crippen molar-refractivity contribution in [3.63, 3.8) is 0 Å². The fraction of sp³-hybridized carbons (Fsp3) is 0.385. The third-order valence-electron chi connectivity index (χ3n) is 2.56. The van der Waals surface area contributed by atoms with E-state index >= 15 is 0 Å². The molecular formula is C13H17N3O3. The van der Waals surface area contributed by atoms with Crippen LogP contribution in [0.1, 0.15) is 17.3 Å². The molecule has 0 bridgehead atoms. The highest BCUT2D eigenvalue weighted by molar-refractivity contribution is 5.40. The van der Waals surface area contributed by atoms with E-state index < -0.39 is 0 Å². The molecule has 0 atom stereocenters. The van der Waals surface area contributed by atoms with Crippen LogP contribution in [0.25, 0.3) is 0 Å². The summed E-state index contributed by atoms with van der Waals surface area (Å²) < 4.78 is 15.8. The molecule has 0 spiro atoms. The van der Waals surface area contributed by atoms with Gasteiger partial charge in [0.15, 0.2) is 6.61 Å². The van der Waals surface area contributed by atoms with Crippen LogP contribution < -0.4 is 14.8 Å². The van der Waals surface area contributed by atoms with Crippen LogP contribution in [0.3, 0.4) is 0 Å². The minimum absolute atomic E-state index is 0.278. The molecule has 1 aromatic carbocycles. The molecule has 1 N–H and O–H groups in total. The van der Waals surface area contributed by atoms with E-state index in [1.165, 1.54) is 0 Å². The standard InChI is InChI=1S/C13H17N3O3/c1-9-15-13(16-19-9)8-18-12-5-4-11(17-3)6-10(12)7-14-2/h4-6,14H,7-8H2,1-3H3. The molecule has 1 aromatic heterocycles. The first-order valence-electron chi connectivity index (χ1n) is 5.96. The van der Waals surface area contributed by atoms with Gasteiger partial charge in [-0.25, -0.2) is 0 Å². The Morgan fingerprint density at radius 3 is 2.84 bits per heavy atom. The van der Waals surface area contributed by atoms with Crippen LogP contribution in [0.2, 0.25) is 0 Å². The summed E-state index contributed by atoms with van der Waals surface area (Å²) in [4.78, 5) is 4.09. The summed E-state index contributed by atoms with van der Waals surface area (Å²) >= 11 is 0. The van der Waals surface area contributed by atoms with Crippen LogP contribution >= 0.6 is 0 Å². The normalized spacial score (nSPS) is 10.5. The SMILES string of the molecule is CNCc1cc(OC)ccc1OCc1noc(C)n1. The molecule has 2 rings (SSSR count). The minimum atomic E-state index is 0.278. The van der Waals surface area contributed by atoms with Crippen molar-refractivity contribution in [1.82, 2.24) is 15.5 Å². The van der Waals surface area contributed by atoms with E-state index in [1.54, 1.807) is 14.0 Å². The Hall–Kier alpha value is -2.08. The van der Waals surface area contributed by atoms with E-state index in [1.807, 2.05) is 25.2 Å². The van der Waals surface area contributed by atoms with Gasteiger partial charge in [-0.2, -0.15) is 4.98 Å². The third kappa shape index (κ3) is 3.45. The molecule has 6 nitrogen and oxygen atoms in total. The lowest BCUT2D eigenvalue weighted by Crippen LogP contribution is -2.08. The van der Waals surface area contributed by atoms with E-state index in [-0.39, 0.29) is 6.61 Å². The van der Waals surface area contributed by atoms with Crippen molar-refractivity contribution in [1.29, 1.82) is 0 Å². The molecule has 102 valence electrons. The molecule has 0 aliphatic heterocycles. The molecule has 2 aromatic rings. The number of aryl methyl sites for hydroxylation is 1. The van der Waals surface area contributed by atoms with Crippen molar-refractivity contribution in [2.24, 2.45) is 0 Å². The molecule has 0 saturated carbocycles. The van der Waals surface area contributed by atoms with Gasteiger partial charge in [0.25, 0.3) is 0 Å². The monoisotopic (exact) mass is 263 g/mol. The summed E-state index contributed by atoms with van der Waals surface area (Å²) in [5, 5.41) is 6.88. The average Bonchev–Trinajstić information content (AvgIpc) is 2.83. The quantitative estimate of drug-likeness (QED) is 0.855. The van der Waals surface area contributed by atoms with E-state index in [0.29, 0.717) is 18.3 Å². The number of nitrogens with one attached hydrogen (secondary N) is 1. The summed E-state index contributed by atoms with van der Waals surface area (Å²) in [6.45, 7) is 2.72. The van der Waals surface area contributed by atoms with Gasteiger partial charge >= 0.3 is 0 Å². The van der Waals surface area contributed by atoms with Gasteiger partial charge in [0, 0.05) is 19.0 Å². The lowest BCUT2D eigenvalue weighted by molar-refractivity contribution is 0.282. The lowest BCUT2D eigenvalue weighted by Gasteiger charge is -2.11. The first-order valence-corrected chi connectivity index (χ1v) is 5.96. The van der Waals surface area contributed by atoms with Crippen molar-refractivity contribution < 1.29 is 14.0 Å². The zero-order valence-electron chi connectivity index (χ0n) is 11.3. The Balaban J connectivity index is 2.10. The van der Waals surface area contributed by atoms with Crippen molar-refractivity contribution in [2.45, 2.75) is 20.1 Å². The second-order valence-electron chi connectivity index (χ2n) is 4.02. The highest BCUT2D eigenvalue weighted by Crippen LogP contribution is 2.24. The molecule has 0 fully saturated rings. The molecule has 0 unspecified atom stereocenters. The van der Waals surface area contributed by atoms with Crippen LogP contribution in [-0.4, -0.2) is 24.3 Å². The van der Waals surface area contributed by atoms with Crippen LogP contribution in [0.5, 0.6) is 11.5 Å². The summed E-state index contributed by atoms with van der Waals surface area (Å²) in [5.41, 5.74) is 1.02. The van der Waals surface area contributed by atoms with Gasteiger partial charge in [-0.05, 0) is 25.2 Å². The number of aromatic nitrogens is 2. The fourth-order valence-electron chi connectivity index (χ4n) is 1.69. The number of benzene rings is 1. The van der Waals surface area contributed by atoms with Crippen molar-refractivity contribution in [3.8, 4) is 11.5 Å². The van der Waals surface area contributed by atoms with Gasteiger partial charge in [-0.15, -0.1) is 0 Å². The summed E-state index contributed by atoms with van der Waals surface area (Å²) in [6.07, 6.45) is 0. The molecule has 0 amide bonds. The molecule has 6 heteroatoms. The van der Waals surface area contributed by atoms with Crippen LogP contribution in [0, 0.1) is 6.92 Å². The first-order chi connectivity index (χ1) is 9.22. The second-order valence-corrected chi connectivity index (χ2v) is 4.02. The molecule has 0 aliphatic carbocycles. The number of rotatable bonds is 6. The van der Waals surface area contributed by atoms with Crippen molar-refractivity contribution >= 4 is 0 Å². The minimum Gasteiger partial charge on any atom is -0.497 e. The van der Waals surface area contributed by atoms with Gasteiger partial charge in [0.2, 0.25) is 11.7 Å². The van der Waals surface area contributed by atoms with E-state index in [0.717, 1.165) is 17.1 Å². The Morgan fingerprint density at radius 2 is 2.21 bits per heavy atom. The van der Waals surface area contributed by atoms with Crippen molar-refractivity contribution in [2.75, 3.05) is 14.2 Å². The number of hydrogen-bond donors (Lipinski definition) is 1. The van der Waals surface area contributed by atoms with Gasteiger partial charge in [-0.1, -0.05) is 5.16 Å². The van der Waals surface area contributed by atoms with E-state index in [2.05, 4.69) is 15.5 Å². The van der Waals surface area contributed by atoms with E-state index in [4.69, 9.17) is 14.0 Å². The van der Waals surface area contributed by atoms with Gasteiger partial charge in [0.1, 0.15) is 11.5 Å². The second kappa shape index (κ2) is 6.19. The van der Waals surface area contributed by atoms with Crippen molar-refractivity contribution in [3.05, 3.63) is 35.5 Å². The Labute approximate surface area is 111 Å². The smallest absolute Gasteiger partial charge is 0.223 e. The number of methoxy groups -OCH3 is 1. The lowest BCUT2D eigenvalue weighted by atomic mass is 10.2. The van der Waals surface area contributed by atoms with Gasteiger partial charge in [0.05, 0.1) is 7.11 Å². The topological polar surface area (TPSA) is 69.4 Å². The third-order valence-corrected chi connectivity index (χ3v) is 2.56. The molecule has 0 saturated heterocycles.